The third kappa shape index (κ3) is 2.53. The lowest BCUT2D eigenvalue weighted by Crippen LogP contribution is -2.27. The Morgan fingerprint density at radius 3 is 3.13 bits per heavy atom. The van der Waals surface area contributed by atoms with Crippen LogP contribution in [0.15, 0.2) is 6.20 Å². The number of H-pyrrole nitrogens is 1. The molecule has 0 aliphatic carbocycles. The van der Waals surface area contributed by atoms with Crippen LogP contribution in [0, 0.1) is 6.92 Å². The quantitative estimate of drug-likeness (QED) is 0.808. The minimum absolute atomic E-state index is 0.104. The molecule has 2 N–H and O–H groups in total. The van der Waals surface area contributed by atoms with Gasteiger partial charge in [0.1, 0.15) is 5.82 Å². The molecule has 1 atom stereocenters. The first-order valence-corrected chi connectivity index (χ1v) is 6.24. The zero-order chi connectivity index (χ0) is 10.7. The van der Waals surface area contributed by atoms with Crippen molar-refractivity contribution in [3.8, 4) is 0 Å². The Kier molecular flexibility index (Phi) is 3.30. The van der Waals surface area contributed by atoms with E-state index in [0.29, 0.717) is 0 Å². The van der Waals surface area contributed by atoms with Crippen molar-refractivity contribution in [2.45, 2.75) is 31.4 Å². The molecule has 1 unspecified atom stereocenters. The lowest BCUT2D eigenvalue weighted by atomic mass is 10.2. The van der Waals surface area contributed by atoms with Gasteiger partial charge in [-0.15, -0.1) is 11.8 Å². The molecule has 1 saturated heterocycles. The van der Waals surface area contributed by atoms with E-state index < -0.39 is 0 Å². The zero-order valence-electron chi connectivity index (χ0n) is 8.75. The molecule has 1 aliphatic heterocycles. The highest BCUT2D eigenvalue weighted by Gasteiger charge is 2.22. The van der Waals surface area contributed by atoms with E-state index >= 15 is 0 Å². The van der Waals surface area contributed by atoms with Crippen LogP contribution in [0.2, 0.25) is 0 Å². The Balaban J connectivity index is 1.94. The van der Waals surface area contributed by atoms with E-state index in [-0.39, 0.29) is 11.2 Å². The van der Waals surface area contributed by atoms with Gasteiger partial charge in [-0.05, 0) is 25.5 Å². The summed E-state index contributed by atoms with van der Waals surface area (Å²) < 4.78 is 0. The second kappa shape index (κ2) is 4.70. The van der Waals surface area contributed by atoms with Crippen LogP contribution in [0.3, 0.4) is 0 Å². The maximum atomic E-state index is 11.8. The van der Waals surface area contributed by atoms with Crippen LogP contribution in [0.25, 0.3) is 0 Å². The monoisotopic (exact) mass is 225 g/mol. The molecule has 82 valence electrons. The highest BCUT2D eigenvalue weighted by Crippen LogP contribution is 2.26. The molecule has 15 heavy (non-hydrogen) atoms. The summed E-state index contributed by atoms with van der Waals surface area (Å²) in [7, 11) is 0. The first kappa shape index (κ1) is 10.5. The molecular weight excluding hydrogens is 210 g/mol. The van der Waals surface area contributed by atoms with Crippen LogP contribution in [-0.2, 0) is 4.79 Å². The number of aryl methyl sites for hydroxylation is 1. The van der Waals surface area contributed by atoms with Crippen molar-refractivity contribution in [2.75, 3.05) is 11.1 Å². The SMILES string of the molecule is Cc1cn[nH]c1NC(=O)C1CCCCS1. The van der Waals surface area contributed by atoms with Gasteiger partial charge in [0.2, 0.25) is 5.91 Å². The van der Waals surface area contributed by atoms with Crippen LogP contribution in [0.4, 0.5) is 5.82 Å². The van der Waals surface area contributed by atoms with Gasteiger partial charge in [0.15, 0.2) is 0 Å². The van der Waals surface area contributed by atoms with Crippen LogP contribution < -0.4 is 5.32 Å². The lowest BCUT2D eigenvalue weighted by molar-refractivity contribution is -0.115. The molecule has 1 amide bonds. The fraction of sp³-hybridized carbons (Fsp3) is 0.600. The Hall–Kier alpha value is -0.970. The summed E-state index contributed by atoms with van der Waals surface area (Å²) in [6.45, 7) is 1.92. The molecule has 1 aliphatic rings. The minimum Gasteiger partial charge on any atom is -0.310 e. The normalized spacial score (nSPS) is 21.3. The van der Waals surface area contributed by atoms with Crippen LogP contribution in [0.1, 0.15) is 24.8 Å². The van der Waals surface area contributed by atoms with Crippen LogP contribution in [0.5, 0.6) is 0 Å². The van der Waals surface area contributed by atoms with Crippen molar-refractivity contribution in [3.63, 3.8) is 0 Å². The fourth-order valence-electron chi connectivity index (χ4n) is 1.62. The predicted molar refractivity (Wildman–Crippen MR) is 62.1 cm³/mol. The Labute approximate surface area is 93.2 Å². The van der Waals surface area contributed by atoms with Gasteiger partial charge in [-0.25, -0.2) is 0 Å². The summed E-state index contributed by atoms with van der Waals surface area (Å²) in [5, 5.41) is 9.65. The largest absolute Gasteiger partial charge is 0.310 e. The van der Waals surface area contributed by atoms with Crippen molar-refractivity contribution >= 4 is 23.5 Å². The first-order valence-electron chi connectivity index (χ1n) is 5.20. The molecule has 1 aromatic rings. The maximum Gasteiger partial charge on any atom is 0.238 e. The van der Waals surface area contributed by atoms with Crippen LogP contribution >= 0.6 is 11.8 Å². The molecule has 1 fully saturated rings. The summed E-state index contributed by atoms with van der Waals surface area (Å²) in [6, 6.07) is 0. The van der Waals surface area contributed by atoms with E-state index in [1.165, 1.54) is 6.42 Å². The molecule has 0 bridgehead atoms. The number of aromatic amines is 1. The number of hydrogen-bond acceptors (Lipinski definition) is 3. The van der Waals surface area contributed by atoms with E-state index in [4.69, 9.17) is 0 Å². The molecule has 2 heterocycles. The number of hydrogen-bond donors (Lipinski definition) is 2. The number of carbonyl (C=O) groups is 1. The van der Waals surface area contributed by atoms with Crippen molar-refractivity contribution in [2.24, 2.45) is 0 Å². The van der Waals surface area contributed by atoms with Crippen LogP contribution in [-0.4, -0.2) is 27.1 Å². The van der Waals surface area contributed by atoms with E-state index in [1.54, 1.807) is 18.0 Å². The molecule has 0 radical (unpaired) electrons. The summed E-state index contributed by atoms with van der Waals surface area (Å²) in [6.07, 6.45) is 5.10. The third-order valence-corrected chi connectivity index (χ3v) is 3.93. The number of thioether (sulfide) groups is 1. The van der Waals surface area contributed by atoms with Gasteiger partial charge < -0.3 is 5.32 Å². The minimum atomic E-state index is 0.104. The Morgan fingerprint density at radius 2 is 2.53 bits per heavy atom. The predicted octanol–water partition coefficient (Wildman–Crippen LogP) is 1.94. The van der Waals surface area contributed by atoms with Gasteiger partial charge in [-0.3, -0.25) is 9.89 Å². The van der Waals surface area contributed by atoms with Gasteiger partial charge in [0.05, 0.1) is 11.4 Å². The number of aromatic nitrogens is 2. The smallest absolute Gasteiger partial charge is 0.238 e. The Morgan fingerprint density at radius 1 is 1.67 bits per heavy atom. The standard InChI is InChI=1S/C10H15N3OS/c1-7-6-11-13-9(7)12-10(14)8-4-2-3-5-15-8/h6,8H,2-5H2,1H3,(H2,11,12,13,14). The van der Waals surface area contributed by atoms with E-state index in [1.807, 2.05) is 6.92 Å². The van der Waals surface area contributed by atoms with Crippen molar-refractivity contribution in [3.05, 3.63) is 11.8 Å². The number of nitrogens with one attached hydrogen (secondary N) is 2. The van der Waals surface area contributed by atoms with Gasteiger partial charge >= 0.3 is 0 Å². The van der Waals surface area contributed by atoms with Crippen molar-refractivity contribution < 1.29 is 4.79 Å². The highest BCUT2D eigenvalue weighted by molar-refractivity contribution is 8.00. The molecule has 1 aromatic heterocycles. The number of rotatable bonds is 2. The summed E-state index contributed by atoms with van der Waals surface area (Å²) in [4.78, 5) is 11.8. The third-order valence-electron chi connectivity index (χ3n) is 2.55. The topological polar surface area (TPSA) is 57.8 Å². The molecule has 5 heteroatoms. The molecule has 0 spiro atoms. The summed E-state index contributed by atoms with van der Waals surface area (Å²) >= 11 is 1.75. The van der Waals surface area contributed by atoms with Gasteiger partial charge in [-0.1, -0.05) is 6.42 Å². The number of nitrogens with zero attached hydrogens (tertiary/aromatic N) is 1. The maximum absolute atomic E-state index is 11.8. The molecule has 0 saturated carbocycles. The molecular formula is C10H15N3OS. The molecule has 0 aromatic carbocycles. The highest BCUT2D eigenvalue weighted by atomic mass is 32.2. The number of anilines is 1. The van der Waals surface area contributed by atoms with Crippen molar-refractivity contribution in [1.29, 1.82) is 0 Å². The van der Waals surface area contributed by atoms with Gasteiger partial charge in [0.25, 0.3) is 0 Å². The average Bonchev–Trinajstić information content (AvgIpc) is 2.66. The second-order valence-corrected chi connectivity index (χ2v) is 5.08. The van der Waals surface area contributed by atoms with E-state index in [0.717, 1.165) is 30.0 Å². The number of amides is 1. The van der Waals surface area contributed by atoms with E-state index in [9.17, 15) is 4.79 Å². The number of carbonyl (C=O) groups excluding carboxylic acids is 1. The Bertz CT molecular complexity index is 344. The molecule has 4 nitrogen and oxygen atoms in total. The summed E-state index contributed by atoms with van der Waals surface area (Å²) in [5.74, 6) is 1.93. The zero-order valence-corrected chi connectivity index (χ0v) is 9.56. The molecule has 2 rings (SSSR count). The second-order valence-electron chi connectivity index (χ2n) is 3.77. The average molecular weight is 225 g/mol. The fourth-order valence-corrected chi connectivity index (χ4v) is 2.82. The summed E-state index contributed by atoms with van der Waals surface area (Å²) in [5.41, 5.74) is 0.976. The van der Waals surface area contributed by atoms with Gasteiger partial charge in [0, 0.05) is 5.56 Å². The van der Waals surface area contributed by atoms with E-state index in [2.05, 4.69) is 15.5 Å². The first-order chi connectivity index (χ1) is 7.27. The lowest BCUT2D eigenvalue weighted by Gasteiger charge is -2.20. The van der Waals surface area contributed by atoms with Crippen molar-refractivity contribution in [1.82, 2.24) is 10.2 Å². The van der Waals surface area contributed by atoms with Gasteiger partial charge in [-0.2, -0.15) is 5.10 Å².